The molecule has 102 valence electrons. The molecule has 0 aromatic carbocycles. The molecule has 0 fully saturated rings. The maximum Gasteiger partial charge on any atom is -0.0150 e. The van der Waals surface area contributed by atoms with Crippen LogP contribution in [0.4, 0.5) is 0 Å². The lowest BCUT2D eigenvalue weighted by atomic mass is 9.90. The van der Waals surface area contributed by atoms with E-state index in [4.69, 9.17) is 0 Å². The minimum absolute atomic E-state index is 0. The van der Waals surface area contributed by atoms with Gasteiger partial charge in [-0.15, -0.1) is 21.6 Å². The summed E-state index contributed by atoms with van der Waals surface area (Å²) in [6.45, 7) is 6.89. The van der Waals surface area contributed by atoms with E-state index in [-0.39, 0.29) is 22.3 Å². The Hall–Kier alpha value is 1.15. The van der Waals surface area contributed by atoms with Crippen LogP contribution in [0.3, 0.4) is 0 Å². The molecule has 0 bridgehead atoms. The van der Waals surface area contributed by atoms with Crippen molar-refractivity contribution in [2.75, 3.05) is 0 Å². The predicted octanol–water partition coefficient (Wildman–Crippen LogP) is 5.65. The molecule has 0 aromatic heterocycles. The summed E-state index contributed by atoms with van der Waals surface area (Å²) in [6.07, 6.45) is 12.5. The molecule has 0 rings (SSSR count). The highest BCUT2D eigenvalue weighted by Crippen LogP contribution is 2.36. The van der Waals surface area contributed by atoms with Crippen molar-refractivity contribution in [1.29, 1.82) is 0 Å². The van der Waals surface area contributed by atoms with E-state index in [9.17, 15) is 0 Å². The Morgan fingerprint density at radius 3 is 1.19 bits per heavy atom. The number of halogens is 1. The molecule has 0 radical (unpaired) electrons. The van der Waals surface area contributed by atoms with Gasteiger partial charge in [0.1, 0.15) is 0 Å². The van der Waals surface area contributed by atoms with Gasteiger partial charge in [-0.25, -0.2) is 0 Å². The molecular formula is C13H33ClP2. The van der Waals surface area contributed by atoms with Gasteiger partial charge in [-0.2, -0.15) is 9.90 Å². The zero-order chi connectivity index (χ0) is 10.9. The van der Waals surface area contributed by atoms with Crippen molar-refractivity contribution < 1.29 is 0 Å². The van der Waals surface area contributed by atoms with Crippen LogP contribution in [0.25, 0.3) is 0 Å². The second kappa shape index (κ2) is 14.2. The van der Waals surface area contributed by atoms with Crippen LogP contribution in [0.5, 0.6) is 0 Å². The molecule has 0 aliphatic heterocycles. The van der Waals surface area contributed by atoms with Crippen molar-refractivity contribution in [1.82, 2.24) is 0 Å². The average Bonchev–Trinajstić information content (AvgIpc) is 2.21. The molecule has 2 unspecified atom stereocenters. The van der Waals surface area contributed by atoms with Crippen molar-refractivity contribution in [3.05, 3.63) is 0 Å². The lowest BCUT2D eigenvalue weighted by Crippen LogP contribution is -2.20. The Morgan fingerprint density at radius 2 is 1.00 bits per heavy atom. The first-order valence-corrected chi connectivity index (χ1v) is 7.05. The zero-order valence-corrected chi connectivity index (χ0v) is 14.9. The molecule has 0 aromatic rings. The van der Waals surface area contributed by atoms with Crippen molar-refractivity contribution in [3.63, 3.8) is 0 Å². The quantitative estimate of drug-likeness (QED) is 0.480. The topological polar surface area (TPSA) is 0 Å². The van der Waals surface area contributed by atoms with Crippen LogP contribution in [0.2, 0.25) is 0 Å². The Kier molecular flexibility index (Phi) is 19.8. The van der Waals surface area contributed by atoms with Gasteiger partial charge in [-0.1, -0.05) is 59.3 Å². The van der Waals surface area contributed by atoms with E-state index in [1.54, 1.807) is 0 Å². The molecule has 0 heterocycles. The lowest BCUT2D eigenvalue weighted by molar-refractivity contribution is 0.424. The summed E-state index contributed by atoms with van der Waals surface area (Å²) in [5, 5.41) is 0.571. The molecule has 16 heavy (non-hydrogen) atoms. The van der Waals surface area contributed by atoms with Crippen molar-refractivity contribution >= 4 is 31.5 Å². The Balaban J connectivity index is -0.000000845. The van der Waals surface area contributed by atoms with E-state index in [2.05, 4.69) is 30.0 Å². The van der Waals surface area contributed by atoms with Crippen LogP contribution in [-0.4, -0.2) is 5.16 Å². The summed E-state index contributed by atoms with van der Waals surface area (Å²) in [5.41, 5.74) is 0. The highest BCUT2D eigenvalue weighted by Gasteiger charge is 2.22. The second-order valence-corrected chi connectivity index (χ2v) is 5.90. The molecule has 0 aliphatic rings. The normalized spacial score (nSPS) is 10.5. The van der Waals surface area contributed by atoms with Crippen LogP contribution >= 0.6 is 31.5 Å². The second-order valence-electron chi connectivity index (χ2n) is 4.67. The largest absolute Gasteiger partial charge is 0.153 e. The Labute approximate surface area is 115 Å². The van der Waals surface area contributed by atoms with Gasteiger partial charge in [0.15, 0.2) is 0 Å². The maximum absolute atomic E-state index is 3.17. The molecule has 2 atom stereocenters. The average molecular weight is 287 g/mol. The first-order valence-electron chi connectivity index (χ1n) is 6.47. The van der Waals surface area contributed by atoms with Gasteiger partial charge in [0.25, 0.3) is 0 Å². The lowest BCUT2D eigenvalue weighted by Gasteiger charge is -2.29. The number of rotatable bonds is 9. The zero-order valence-electron chi connectivity index (χ0n) is 11.6. The summed E-state index contributed by atoms with van der Waals surface area (Å²) in [4.78, 5) is 0. The molecule has 0 aliphatic carbocycles. The van der Waals surface area contributed by atoms with E-state index in [1.807, 2.05) is 0 Å². The summed E-state index contributed by atoms with van der Waals surface area (Å²) < 4.78 is 0. The van der Waals surface area contributed by atoms with Crippen molar-refractivity contribution in [3.8, 4) is 0 Å². The molecule has 0 spiro atoms. The fourth-order valence-corrected chi connectivity index (χ4v) is 2.57. The van der Waals surface area contributed by atoms with E-state index < -0.39 is 0 Å². The number of hydrogen-bond donors (Lipinski definition) is 0. The summed E-state index contributed by atoms with van der Waals surface area (Å²) in [6, 6.07) is 0. The molecular weight excluding hydrogens is 254 g/mol. The molecule has 3 heteroatoms. The third-order valence-corrected chi connectivity index (χ3v) is 3.95. The van der Waals surface area contributed by atoms with Gasteiger partial charge in [0, 0.05) is 0 Å². The third-order valence-electron chi connectivity index (χ3n) is 3.08. The van der Waals surface area contributed by atoms with Crippen LogP contribution in [0, 0.1) is 0 Å². The summed E-state index contributed by atoms with van der Waals surface area (Å²) in [7, 11) is 3.17. The van der Waals surface area contributed by atoms with Gasteiger partial charge in [-0.3, -0.25) is 0 Å². The van der Waals surface area contributed by atoms with Crippen molar-refractivity contribution in [2.24, 2.45) is 0 Å². The van der Waals surface area contributed by atoms with E-state index >= 15 is 0 Å². The predicted molar refractivity (Wildman–Crippen MR) is 89.4 cm³/mol. The first-order chi connectivity index (χ1) is 6.68. The standard InChI is InChI=1S/C13H29P.ClH.H3P/c1-4-7-10-13(14,11-8-5-2)12-9-6-3;;/h4-12,14H2,1-3H3;1H;1H3. The smallest absolute Gasteiger partial charge is 0.0150 e. The number of hydrogen-bond acceptors (Lipinski definition) is 0. The molecule has 0 nitrogen and oxygen atoms in total. The Morgan fingerprint density at radius 1 is 0.750 bits per heavy atom. The number of unbranched alkanes of at least 4 members (excludes halogenated alkanes) is 3. The van der Waals surface area contributed by atoms with Crippen LogP contribution in [0.1, 0.15) is 78.6 Å². The maximum atomic E-state index is 3.17. The van der Waals surface area contributed by atoms with Crippen LogP contribution < -0.4 is 0 Å². The monoisotopic (exact) mass is 286 g/mol. The van der Waals surface area contributed by atoms with E-state index in [1.165, 1.54) is 57.8 Å². The van der Waals surface area contributed by atoms with Gasteiger partial charge in [0.2, 0.25) is 0 Å². The van der Waals surface area contributed by atoms with Crippen LogP contribution in [0.15, 0.2) is 0 Å². The fourth-order valence-electron chi connectivity index (χ4n) is 1.96. The Bertz CT molecular complexity index is 107. The van der Waals surface area contributed by atoms with Gasteiger partial charge in [-0.05, 0) is 24.4 Å². The highest BCUT2D eigenvalue weighted by atomic mass is 35.5. The molecule has 0 N–H and O–H groups in total. The fraction of sp³-hybridized carbons (Fsp3) is 1.00. The summed E-state index contributed by atoms with van der Waals surface area (Å²) in [5.74, 6) is 0. The van der Waals surface area contributed by atoms with E-state index in [0.29, 0.717) is 5.16 Å². The minimum Gasteiger partial charge on any atom is -0.153 e. The minimum atomic E-state index is 0. The van der Waals surface area contributed by atoms with Gasteiger partial charge >= 0.3 is 0 Å². The molecule has 0 amide bonds. The van der Waals surface area contributed by atoms with Crippen molar-refractivity contribution in [2.45, 2.75) is 83.7 Å². The molecule has 0 saturated carbocycles. The summed E-state index contributed by atoms with van der Waals surface area (Å²) >= 11 is 0. The first kappa shape index (κ1) is 22.3. The third kappa shape index (κ3) is 11.6. The van der Waals surface area contributed by atoms with E-state index in [0.717, 1.165) is 0 Å². The van der Waals surface area contributed by atoms with Crippen LogP contribution in [-0.2, 0) is 0 Å². The molecule has 0 saturated heterocycles. The van der Waals surface area contributed by atoms with Gasteiger partial charge < -0.3 is 0 Å². The highest BCUT2D eigenvalue weighted by molar-refractivity contribution is 7.19. The van der Waals surface area contributed by atoms with Gasteiger partial charge in [0.05, 0.1) is 0 Å². The SMILES string of the molecule is CCCCC(P)(CCCC)CCCC.Cl.P.